The maximum Gasteiger partial charge on any atom is 0.416 e. The number of oxazole rings is 1. The molecular formula is C30H27F4N5O2. The van der Waals surface area contributed by atoms with Gasteiger partial charge in [-0.15, -0.1) is 0 Å². The molecule has 0 aliphatic carbocycles. The molecule has 0 saturated carbocycles. The minimum atomic E-state index is -4.36. The normalized spacial score (nSPS) is 14.7. The van der Waals surface area contributed by atoms with Gasteiger partial charge in [-0.05, 0) is 74.5 Å². The van der Waals surface area contributed by atoms with E-state index in [-0.39, 0.29) is 35.2 Å². The van der Waals surface area contributed by atoms with Crippen LogP contribution in [0.5, 0.6) is 0 Å². The van der Waals surface area contributed by atoms with Crippen molar-refractivity contribution in [2.24, 2.45) is 0 Å². The lowest BCUT2D eigenvalue weighted by Gasteiger charge is -2.35. The van der Waals surface area contributed by atoms with E-state index in [2.05, 4.69) is 15.1 Å². The molecule has 1 aromatic heterocycles. The molecule has 0 unspecified atom stereocenters. The molecule has 1 amide bonds. The van der Waals surface area contributed by atoms with Crippen LogP contribution in [0, 0.1) is 6.57 Å². The van der Waals surface area contributed by atoms with Crippen molar-refractivity contribution in [2.75, 3.05) is 42.9 Å². The van der Waals surface area contributed by atoms with Gasteiger partial charge in [0, 0.05) is 48.7 Å². The van der Waals surface area contributed by atoms with Crippen molar-refractivity contribution in [1.82, 2.24) is 9.88 Å². The number of carbonyl (C=O) groups is 1. The van der Waals surface area contributed by atoms with Crippen LogP contribution in [0.25, 0.3) is 27.4 Å². The van der Waals surface area contributed by atoms with Crippen LogP contribution in [0.4, 0.5) is 34.6 Å². The number of benzene rings is 3. The summed E-state index contributed by atoms with van der Waals surface area (Å²) in [5.41, 5.74) is 0.742. The average Bonchev–Trinajstić information content (AvgIpc) is 3.36. The van der Waals surface area contributed by atoms with Crippen molar-refractivity contribution in [3.63, 3.8) is 0 Å². The first-order chi connectivity index (χ1) is 19.4. The standard InChI is InChI=1S/C30H27F4N5O2/c1-29(2,31)24-16-22(35-3)17-25-27(24)41-28(37-25)19-4-8-21(9-5-19)36-26(40)18-38-12-14-39(15-13-38)23-10-6-20(7-11-23)30(32,33)34/h4-11,16-17H,12-15,18H2,1-2H3,(H,36,40). The Morgan fingerprint density at radius 3 is 2.24 bits per heavy atom. The van der Waals surface area contributed by atoms with Crippen molar-refractivity contribution in [2.45, 2.75) is 25.7 Å². The molecular weight excluding hydrogens is 538 g/mol. The molecule has 0 radical (unpaired) electrons. The van der Waals surface area contributed by atoms with Gasteiger partial charge in [-0.1, -0.05) is 0 Å². The first-order valence-electron chi connectivity index (χ1n) is 13.0. The topological polar surface area (TPSA) is 66.0 Å². The number of amides is 1. The number of anilines is 2. The van der Waals surface area contributed by atoms with Crippen molar-refractivity contribution >= 4 is 34.1 Å². The molecule has 0 atom stereocenters. The van der Waals surface area contributed by atoms with E-state index in [1.54, 1.807) is 30.3 Å². The quantitative estimate of drug-likeness (QED) is 0.201. The third kappa shape index (κ3) is 6.33. The predicted molar refractivity (Wildman–Crippen MR) is 149 cm³/mol. The molecule has 1 saturated heterocycles. The summed E-state index contributed by atoms with van der Waals surface area (Å²) in [4.78, 5) is 24.5. The van der Waals surface area contributed by atoms with E-state index in [4.69, 9.17) is 11.0 Å². The average molecular weight is 566 g/mol. The Balaban J connectivity index is 1.18. The van der Waals surface area contributed by atoms with E-state index in [9.17, 15) is 22.4 Å². The second-order valence-electron chi connectivity index (χ2n) is 10.4. The summed E-state index contributed by atoms with van der Waals surface area (Å²) < 4.78 is 59.1. The number of hydrogen-bond donors (Lipinski definition) is 1. The molecule has 5 rings (SSSR count). The molecule has 0 bridgehead atoms. The van der Waals surface area contributed by atoms with Gasteiger partial charge in [-0.3, -0.25) is 9.69 Å². The number of nitrogens with zero attached hydrogens (tertiary/aromatic N) is 4. The fourth-order valence-electron chi connectivity index (χ4n) is 4.77. The van der Waals surface area contributed by atoms with Gasteiger partial charge in [-0.25, -0.2) is 14.2 Å². The first-order valence-corrected chi connectivity index (χ1v) is 13.0. The summed E-state index contributed by atoms with van der Waals surface area (Å²) >= 11 is 0. The smallest absolute Gasteiger partial charge is 0.416 e. The maximum atomic E-state index is 14.8. The van der Waals surface area contributed by atoms with Gasteiger partial charge in [0.05, 0.1) is 24.2 Å². The largest absolute Gasteiger partial charge is 0.436 e. The molecule has 4 aromatic rings. The lowest BCUT2D eigenvalue weighted by atomic mass is 9.98. The van der Waals surface area contributed by atoms with Crippen molar-refractivity contribution < 1.29 is 26.8 Å². The molecule has 1 aliphatic rings. The van der Waals surface area contributed by atoms with Crippen LogP contribution in [-0.4, -0.2) is 48.5 Å². The maximum absolute atomic E-state index is 14.8. The van der Waals surface area contributed by atoms with Crippen molar-refractivity contribution in [1.29, 1.82) is 0 Å². The number of carbonyl (C=O) groups excluding carboxylic acids is 1. The summed E-state index contributed by atoms with van der Waals surface area (Å²) in [6.45, 7) is 12.6. The van der Waals surface area contributed by atoms with E-state index >= 15 is 0 Å². The zero-order valence-electron chi connectivity index (χ0n) is 22.4. The number of hydrogen-bond acceptors (Lipinski definition) is 5. The van der Waals surface area contributed by atoms with Gasteiger partial charge in [0.25, 0.3) is 0 Å². The first kappa shape index (κ1) is 28.1. The molecule has 3 aromatic carbocycles. The van der Waals surface area contributed by atoms with Crippen LogP contribution in [0.3, 0.4) is 0 Å². The number of rotatable bonds is 6. The number of fused-ring (bicyclic) bond motifs is 1. The van der Waals surface area contributed by atoms with Crippen LogP contribution in [0.1, 0.15) is 25.0 Å². The molecule has 11 heteroatoms. The van der Waals surface area contributed by atoms with Gasteiger partial charge in [0.2, 0.25) is 11.8 Å². The van der Waals surface area contributed by atoms with Gasteiger partial charge < -0.3 is 14.6 Å². The van der Waals surface area contributed by atoms with Crippen LogP contribution in [0.15, 0.2) is 65.1 Å². The van der Waals surface area contributed by atoms with Crippen molar-refractivity contribution in [3.8, 4) is 11.5 Å². The second-order valence-corrected chi connectivity index (χ2v) is 10.4. The minimum absolute atomic E-state index is 0.179. The summed E-state index contributed by atoms with van der Waals surface area (Å²) in [6.07, 6.45) is -4.36. The summed E-state index contributed by atoms with van der Waals surface area (Å²) in [7, 11) is 0. The fourth-order valence-corrected chi connectivity index (χ4v) is 4.77. The summed E-state index contributed by atoms with van der Waals surface area (Å²) in [5, 5.41) is 2.87. The number of nitrogens with one attached hydrogen (secondary N) is 1. The molecule has 1 fully saturated rings. The monoisotopic (exact) mass is 565 g/mol. The summed E-state index contributed by atoms with van der Waals surface area (Å²) in [6, 6.07) is 15.0. The SMILES string of the molecule is [C-]#[N+]c1cc(C(C)(C)F)c2oc(-c3ccc(NC(=O)CN4CCN(c5ccc(C(F)(F)F)cc5)CC4)cc3)nc2c1. The highest BCUT2D eigenvalue weighted by Crippen LogP contribution is 2.37. The lowest BCUT2D eigenvalue weighted by molar-refractivity contribution is -0.137. The Morgan fingerprint density at radius 2 is 1.66 bits per heavy atom. The fraction of sp³-hybridized carbons (Fsp3) is 0.300. The second kappa shape index (κ2) is 10.9. The summed E-state index contributed by atoms with van der Waals surface area (Å²) in [5.74, 6) is 0.0838. The Bertz CT molecular complexity index is 1590. The molecule has 2 heterocycles. The van der Waals surface area contributed by atoms with Gasteiger partial charge >= 0.3 is 6.18 Å². The Hall–Kier alpha value is -4.43. The van der Waals surface area contributed by atoms with Crippen LogP contribution in [-0.2, 0) is 16.6 Å². The van der Waals surface area contributed by atoms with Crippen LogP contribution >= 0.6 is 0 Å². The zero-order chi connectivity index (χ0) is 29.4. The predicted octanol–water partition coefficient (Wildman–Crippen LogP) is 7.03. The van der Waals surface area contributed by atoms with Crippen LogP contribution in [0.2, 0.25) is 0 Å². The molecule has 1 aliphatic heterocycles. The molecule has 7 nitrogen and oxygen atoms in total. The van der Waals surface area contributed by atoms with Gasteiger partial charge in [0.1, 0.15) is 5.67 Å². The van der Waals surface area contributed by atoms with Gasteiger partial charge in [-0.2, -0.15) is 13.2 Å². The highest BCUT2D eigenvalue weighted by atomic mass is 19.4. The molecule has 41 heavy (non-hydrogen) atoms. The minimum Gasteiger partial charge on any atom is -0.436 e. The van der Waals surface area contributed by atoms with E-state index in [0.29, 0.717) is 42.9 Å². The lowest BCUT2D eigenvalue weighted by Crippen LogP contribution is -2.48. The highest BCUT2D eigenvalue weighted by molar-refractivity contribution is 5.92. The number of halogens is 4. The number of piperazine rings is 1. The Labute approximate surface area is 234 Å². The van der Waals surface area contributed by atoms with Crippen LogP contribution < -0.4 is 10.2 Å². The number of alkyl halides is 4. The van der Waals surface area contributed by atoms with Gasteiger partial charge in [0.15, 0.2) is 11.3 Å². The third-order valence-electron chi connectivity index (χ3n) is 6.96. The molecule has 0 spiro atoms. The third-order valence-corrected chi connectivity index (χ3v) is 6.96. The van der Waals surface area contributed by atoms with E-state index in [1.165, 1.54) is 32.0 Å². The van der Waals surface area contributed by atoms with E-state index in [0.717, 1.165) is 17.8 Å². The number of aromatic nitrogens is 1. The Morgan fingerprint density at radius 1 is 1.00 bits per heavy atom. The molecule has 212 valence electrons. The molecule has 1 N–H and O–H groups in total. The Kier molecular flexibility index (Phi) is 7.44. The highest BCUT2D eigenvalue weighted by Gasteiger charge is 2.30. The van der Waals surface area contributed by atoms with E-state index in [1.807, 2.05) is 9.80 Å². The van der Waals surface area contributed by atoms with E-state index < -0.39 is 17.4 Å². The van der Waals surface area contributed by atoms with Crippen molar-refractivity contribution in [3.05, 3.63) is 83.2 Å². The zero-order valence-corrected chi connectivity index (χ0v) is 22.4.